The third-order valence-electron chi connectivity index (χ3n) is 2.97. The van der Waals surface area contributed by atoms with Crippen LogP contribution in [0.5, 0.6) is 0 Å². The second-order valence-corrected chi connectivity index (χ2v) is 4.48. The maximum atomic E-state index is 11.0. The molecule has 0 aliphatic carbocycles. The first-order valence-corrected chi connectivity index (χ1v) is 6.46. The zero-order valence-corrected chi connectivity index (χ0v) is 11.2. The van der Waals surface area contributed by atoms with Gasteiger partial charge in [0.15, 0.2) is 0 Å². The van der Waals surface area contributed by atoms with Crippen LogP contribution < -0.4 is 5.73 Å². The summed E-state index contributed by atoms with van der Waals surface area (Å²) in [5, 5.41) is 14.8. The van der Waals surface area contributed by atoms with Gasteiger partial charge in [0.2, 0.25) is 11.7 Å². The maximum Gasteiger partial charge on any atom is 0.280 e. The average Bonchev–Trinajstić information content (AvgIpc) is 2.94. The van der Waals surface area contributed by atoms with Gasteiger partial charge in [0.1, 0.15) is 5.56 Å². The van der Waals surface area contributed by atoms with Gasteiger partial charge in [-0.1, -0.05) is 37.1 Å². The molecule has 0 spiro atoms. The number of hydrogen-bond donors (Lipinski definition) is 1. The minimum Gasteiger partial charge on any atom is -0.337 e. The topological polar surface area (TPSA) is 108 Å². The molecule has 2 N–H and O–H groups in total. The zero-order chi connectivity index (χ0) is 14.5. The molecule has 0 saturated heterocycles. The summed E-state index contributed by atoms with van der Waals surface area (Å²) < 4.78 is 5.10. The standard InChI is InChI=1S/C13H16N4O3/c1-2-3-7-10(14)13-15-12(16-20-13)9-6-4-5-8-11(9)17(18)19/h4-6,8,10H,2-3,7,14H2,1H3/t10-/m0/s1. The van der Waals surface area contributed by atoms with Gasteiger partial charge in [0.25, 0.3) is 5.69 Å². The van der Waals surface area contributed by atoms with Crippen LogP contribution in [-0.4, -0.2) is 15.1 Å². The second kappa shape index (κ2) is 6.25. The molecule has 0 saturated carbocycles. The molecule has 1 atom stereocenters. The quantitative estimate of drug-likeness (QED) is 0.642. The lowest BCUT2D eigenvalue weighted by Crippen LogP contribution is -2.10. The SMILES string of the molecule is CCCC[C@H](N)c1nc(-c2ccccc2[N+](=O)[O-])no1. The van der Waals surface area contributed by atoms with E-state index in [2.05, 4.69) is 17.1 Å². The zero-order valence-electron chi connectivity index (χ0n) is 11.2. The lowest BCUT2D eigenvalue weighted by molar-refractivity contribution is -0.384. The van der Waals surface area contributed by atoms with Gasteiger partial charge in [-0.05, 0) is 12.5 Å². The Morgan fingerprint density at radius 2 is 2.20 bits per heavy atom. The molecule has 0 unspecified atom stereocenters. The fourth-order valence-electron chi connectivity index (χ4n) is 1.86. The van der Waals surface area contributed by atoms with Crippen LogP contribution in [0, 0.1) is 10.1 Å². The summed E-state index contributed by atoms with van der Waals surface area (Å²) in [6, 6.07) is 5.94. The van der Waals surface area contributed by atoms with Gasteiger partial charge in [-0.3, -0.25) is 10.1 Å². The summed E-state index contributed by atoms with van der Waals surface area (Å²) in [6.45, 7) is 2.07. The van der Waals surface area contributed by atoms with E-state index < -0.39 is 4.92 Å². The number of hydrogen-bond acceptors (Lipinski definition) is 6. The van der Waals surface area contributed by atoms with E-state index in [-0.39, 0.29) is 17.6 Å². The molecule has 7 heteroatoms. The monoisotopic (exact) mass is 276 g/mol. The van der Waals surface area contributed by atoms with Crippen LogP contribution in [0.25, 0.3) is 11.4 Å². The van der Waals surface area contributed by atoms with Crippen LogP contribution in [-0.2, 0) is 0 Å². The molecule has 1 aromatic carbocycles. The van der Waals surface area contributed by atoms with Crippen LogP contribution in [0.2, 0.25) is 0 Å². The molecule has 0 aliphatic heterocycles. The Kier molecular flexibility index (Phi) is 4.41. The summed E-state index contributed by atoms with van der Waals surface area (Å²) >= 11 is 0. The highest BCUT2D eigenvalue weighted by Crippen LogP contribution is 2.28. The van der Waals surface area contributed by atoms with Crippen molar-refractivity contribution in [1.82, 2.24) is 10.1 Å². The van der Waals surface area contributed by atoms with Crippen molar-refractivity contribution in [3.8, 4) is 11.4 Å². The summed E-state index contributed by atoms with van der Waals surface area (Å²) in [4.78, 5) is 14.7. The number of unbranched alkanes of at least 4 members (excludes halogenated alkanes) is 1. The number of nitrogens with zero attached hydrogens (tertiary/aromatic N) is 3. The summed E-state index contributed by atoms with van der Waals surface area (Å²) in [5.74, 6) is 0.505. The Labute approximate surface area is 115 Å². The molecule has 0 aliphatic rings. The summed E-state index contributed by atoms with van der Waals surface area (Å²) in [7, 11) is 0. The molecule has 2 rings (SSSR count). The van der Waals surface area contributed by atoms with E-state index in [1.54, 1.807) is 18.2 Å². The Morgan fingerprint density at radius 1 is 1.45 bits per heavy atom. The Balaban J connectivity index is 2.27. The normalized spacial score (nSPS) is 12.3. The van der Waals surface area contributed by atoms with Gasteiger partial charge in [-0.15, -0.1) is 0 Å². The van der Waals surface area contributed by atoms with Crippen molar-refractivity contribution in [3.63, 3.8) is 0 Å². The fraction of sp³-hybridized carbons (Fsp3) is 0.385. The highest BCUT2D eigenvalue weighted by molar-refractivity contribution is 5.67. The first-order chi connectivity index (χ1) is 9.63. The fourth-order valence-corrected chi connectivity index (χ4v) is 1.86. The molecule has 20 heavy (non-hydrogen) atoms. The van der Waals surface area contributed by atoms with Gasteiger partial charge >= 0.3 is 0 Å². The molecule has 0 radical (unpaired) electrons. The first-order valence-electron chi connectivity index (χ1n) is 6.46. The molecule has 0 bridgehead atoms. The van der Waals surface area contributed by atoms with Crippen molar-refractivity contribution in [3.05, 3.63) is 40.3 Å². The van der Waals surface area contributed by atoms with Crippen molar-refractivity contribution in [2.24, 2.45) is 5.73 Å². The molecule has 1 aromatic heterocycles. The molecule has 0 fully saturated rings. The van der Waals surface area contributed by atoms with Gasteiger partial charge in [-0.25, -0.2) is 0 Å². The van der Waals surface area contributed by atoms with E-state index in [4.69, 9.17) is 10.3 Å². The van der Waals surface area contributed by atoms with Crippen LogP contribution in [0.15, 0.2) is 28.8 Å². The van der Waals surface area contributed by atoms with Crippen molar-refractivity contribution in [1.29, 1.82) is 0 Å². The minimum atomic E-state index is -0.470. The van der Waals surface area contributed by atoms with Crippen LogP contribution in [0.3, 0.4) is 0 Å². The van der Waals surface area contributed by atoms with Crippen molar-refractivity contribution in [2.45, 2.75) is 32.2 Å². The predicted octanol–water partition coefficient (Wildman–Crippen LogP) is 2.83. The lowest BCUT2D eigenvalue weighted by Gasteiger charge is -2.03. The molecular formula is C13H16N4O3. The third-order valence-corrected chi connectivity index (χ3v) is 2.97. The molecule has 0 amide bonds. The van der Waals surface area contributed by atoms with Crippen LogP contribution in [0.1, 0.15) is 38.1 Å². The van der Waals surface area contributed by atoms with E-state index in [9.17, 15) is 10.1 Å². The summed E-state index contributed by atoms with van der Waals surface area (Å²) in [6.07, 6.45) is 2.73. The average molecular weight is 276 g/mol. The van der Waals surface area contributed by atoms with Gasteiger partial charge < -0.3 is 10.3 Å². The van der Waals surface area contributed by atoms with Crippen molar-refractivity contribution < 1.29 is 9.45 Å². The van der Waals surface area contributed by atoms with Crippen LogP contribution >= 0.6 is 0 Å². The number of para-hydroxylation sites is 1. The molecular weight excluding hydrogens is 260 g/mol. The second-order valence-electron chi connectivity index (χ2n) is 4.48. The number of nitro benzene ring substituents is 1. The molecule has 7 nitrogen and oxygen atoms in total. The minimum absolute atomic E-state index is 0.0537. The van der Waals surface area contributed by atoms with Crippen molar-refractivity contribution in [2.75, 3.05) is 0 Å². The van der Waals surface area contributed by atoms with E-state index >= 15 is 0 Å². The van der Waals surface area contributed by atoms with E-state index in [0.29, 0.717) is 11.5 Å². The van der Waals surface area contributed by atoms with Gasteiger partial charge in [-0.2, -0.15) is 4.98 Å². The Morgan fingerprint density at radius 3 is 2.90 bits per heavy atom. The summed E-state index contributed by atoms with van der Waals surface area (Å²) in [5.41, 5.74) is 6.22. The van der Waals surface area contributed by atoms with E-state index in [1.165, 1.54) is 6.07 Å². The molecule has 106 valence electrons. The maximum absolute atomic E-state index is 11.0. The van der Waals surface area contributed by atoms with Gasteiger partial charge in [0, 0.05) is 6.07 Å². The highest BCUT2D eigenvalue weighted by atomic mass is 16.6. The van der Waals surface area contributed by atoms with E-state index in [0.717, 1.165) is 19.3 Å². The highest BCUT2D eigenvalue weighted by Gasteiger charge is 2.21. The molecule has 1 heterocycles. The largest absolute Gasteiger partial charge is 0.337 e. The van der Waals surface area contributed by atoms with E-state index in [1.807, 2.05) is 0 Å². The number of aromatic nitrogens is 2. The predicted molar refractivity (Wildman–Crippen MR) is 72.8 cm³/mol. The number of benzene rings is 1. The van der Waals surface area contributed by atoms with Gasteiger partial charge in [0.05, 0.1) is 11.0 Å². The lowest BCUT2D eigenvalue weighted by atomic mass is 10.1. The number of nitro groups is 1. The van der Waals surface area contributed by atoms with Crippen molar-refractivity contribution >= 4 is 5.69 Å². The smallest absolute Gasteiger partial charge is 0.280 e. The van der Waals surface area contributed by atoms with Crippen LogP contribution in [0.4, 0.5) is 5.69 Å². The Hall–Kier alpha value is -2.28. The Bertz CT molecular complexity index is 597. The molecule has 2 aromatic rings. The first kappa shape index (κ1) is 14.1. The number of nitrogens with two attached hydrogens (primary N) is 1. The number of rotatable bonds is 6. The third kappa shape index (κ3) is 3.00.